The van der Waals surface area contributed by atoms with Crippen LogP contribution in [0.15, 0.2) is 54.7 Å². The minimum atomic E-state index is -1.11. The number of aliphatic hydroxyl groups is 1. The second-order valence-electron chi connectivity index (χ2n) is 9.78. The number of aryl methyl sites for hydroxylation is 1. The molecule has 174 valence electrons. The van der Waals surface area contributed by atoms with Gasteiger partial charge in [-0.1, -0.05) is 54.4 Å². The first-order valence-corrected chi connectivity index (χ1v) is 12.4. The van der Waals surface area contributed by atoms with E-state index < -0.39 is 6.10 Å². The molecule has 0 unspecified atom stereocenters. The maximum atomic E-state index is 13.6. The SMILES string of the molecule is Cc1ccc([C@H]([C@@H](O)C(=O)c2c[nH]c3ccccc23)N2CCC(N3CCCCC3)CC2)cc1. The molecule has 0 aliphatic carbocycles. The Morgan fingerprint density at radius 2 is 1.67 bits per heavy atom. The molecule has 2 N–H and O–H groups in total. The third-order valence-electron chi connectivity index (χ3n) is 7.64. The summed E-state index contributed by atoms with van der Waals surface area (Å²) in [6.45, 7) is 6.30. The van der Waals surface area contributed by atoms with Gasteiger partial charge in [0.1, 0.15) is 6.10 Å². The summed E-state index contributed by atoms with van der Waals surface area (Å²) in [4.78, 5) is 21.7. The Labute approximate surface area is 196 Å². The van der Waals surface area contributed by atoms with Gasteiger partial charge >= 0.3 is 0 Å². The van der Waals surface area contributed by atoms with Crippen molar-refractivity contribution in [3.63, 3.8) is 0 Å². The fourth-order valence-electron chi connectivity index (χ4n) is 5.75. The summed E-state index contributed by atoms with van der Waals surface area (Å²) >= 11 is 0. The van der Waals surface area contributed by atoms with Crippen LogP contribution in [-0.2, 0) is 0 Å². The topological polar surface area (TPSA) is 59.6 Å². The molecule has 3 aromatic rings. The van der Waals surface area contributed by atoms with Crippen molar-refractivity contribution in [2.45, 2.75) is 57.2 Å². The fraction of sp³-hybridized carbons (Fsp3) is 0.464. The van der Waals surface area contributed by atoms with Crippen LogP contribution >= 0.6 is 0 Å². The van der Waals surface area contributed by atoms with Gasteiger partial charge in [-0.25, -0.2) is 0 Å². The first-order valence-electron chi connectivity index (χ1n) is 12.4. The van der Waals surface area contributed by atoms with Crippen LogP contribution < -0.4 is 0 Å². The first kappa shape index (κ1) is 22.3. The van der Waals surface area contributed by atoms with E-state index in [1.54, 1.807) is 6.20 Å². The zero-order valence-corrected chi connectivity index (χ0v) is 19.5. The van der Waals surface area contributed by atoms with Gasteiger partial charge in [0.05, 0.1) is 6.04 Å². The Morgan fingerprint density at radius 1 is 0.970 bits per heavy atom. The minimum absolute atomic E-state index is 0.212. The summed E-state index contributed by atoms with van der Waals surface area (Å²) < 4.78 is 0. The molecule has 3 heterocycles. The molecule has 5 rings (SSSR count). The molecular formula is C28H35N3O2. The van der Waals surface area contributed by atoms with E-state index in [2.05, 4.69) is 46.0 Å². The van der Waals surface area contributed by atoms with E-state index in [1.807, 2.05) is 24.3 Å². The normalized spacial score (nSPS) is 20.7. The van der Waals surface area contributed by atoms with E-state index in [-0.39, 0.29) is 11.8 Å². The molecule has 0 spiro atoms. The number of carbonyl (C=O) groups excluding carboxylic acids is 1. The van der Waals surface area contributed by atoms with Crippen LogP contribution in [0.5, 0.6) is 0 Å². The fourth-order valence-corrected chi connectivity index (χ4v) is 5.75. The molecule has 0 radical (unpaired) electrons. The molecule has 33 heavy (non-hydrogen) atoms. The second-order valence-corrected chi connectivity index (χ2v) is 9.78. The molecule has 0 saturated carbocycles. The zero-order valence-electron chi connectivity index (χ0n) is 19.5. The molecule has 1 aromatic heterocycles. The molecule has 2 aliphatic rings. The number of hydrogen-bond donors (Lipinski definition) is 2. The average molecular weight is 446 g/mol. The van der Waals surface area contributed by atoms with Gasteiger partial charge in [0.25, 0.3) is 0 Å². The molecule has 2 fully saturated rings. The van der Waals surface area contributed by atoms with Gasteiger partial charge in [0.2, 0.25) is 0 Å². The molecule has 2 aliphatic heterocycles. The Balaban J connectivity index is 1.39. The Hall–Kier alpha value is -2.47. The van der Waals surface area contributed by atoms with Gasteiger partial charge < -0.3 is 15.0 Å². The Kier molecular flexibility index (Phi) is 6.63. The Bertz CT molecular complexity index is 1080. The number of para-hydroxylation sites is 1. The molecule has 5 nitrogen and oxygen atoms in total. The number of benzene rings is 2. The minimum Gasteiger partial charge on any atom is -0.383 e. The number of aromatic nitrogens is 1. The number of Topliss-reactive ketones (excluding diaryl/α,β-unsaturated/α-hetero) is 1. The van der Waals surface area contributed by atoms with E-state index in [4.69, 9.17) is 0 Å². The highest BCUT2D eigenvalue weighted by atomic mass is 16.3. The number of nitrogens with one attached hydrogen (secondary N) is 1. The van der Waals surface area contributed by atoms with Crippen LogP contribution in [0.4, 0.5) is 0 Å². The summed E-state index contributed by atoms with van der Waals surface area (Å²) in [5, 5.41) is 12.4. The Morgan fingerprint density at radius 3 is 2.39 bits per heavy atom. The number of aromatic amines is 1. The largest absolute Gasteiger partial charge is 0.383 e. The highest BCUT2D eigenvalue weighted by Crippen LogP contribution is 2.32. The lowest BCUT2D eigenvalue weighted by Gasteiger charge is -2.43. The second kappa shape index (κ2) is 9.80. The molecular weight excluding hydrogens is 410 g/mol. The first-order chi connectivity index (χ1) is 16.1. The molecule has 2 aromatic carbocycles. The number of ketones is 1. The monoisotopic (exact) mass is 445 g/mol. The van der Waals surface area contributed by atoms with E-state index in [0.29, 0.717) is 11.6 Å². The predicted octanol–water partition coefficient (Wildman–Crippen LogP) is 4.71. The number of likely N-dealkylation sites (tertiary alicyclic amines) is 2. The summed E-state index contributed by atoms with van der Waals surface area (Å²) in [6, 6.07) is 16.4. The van der Waals surface area contributed by atoms with E-state index in [0.717, 1.165) is 42.4 Å². The predicted molar refractivity (Wildman–Crippen MR) is 133 cm³/mol. The van der Waals surface area contributed by atoms with Crippen LogP contribution in [0, 0.1) is 6.92 Å². The van der Waals surface area contributed by atoms with Crippen molar-refractivity contribution in [3.8, 4) is 0 Å². The van der Waals surface area contributed by atoms with Crippen molar-refractivity contribution in [2.75, 3.05) is 26.2 Å². The third-order valence-corrected chi connectivity index (χ3v) is 7.64. The number of aliphatic hydroxyl groups excluding tert-OH is 1. The smallest absolute Gasteiger partial charge is 0.195 e. The molecule has 2 atom stereocenters. The van der Waals surface area contributed by atoms with Crippen molar-refractivity contribution in [1.82, 2.24) is 14.8 Å². The van der Waals surface area contributed by atoms with Gasteiger partial charge in [0, 0.05) is 41.8 Å². The van der Waals surface area contributed by atoms with E-state index >= 15 is 0 Å². The summed E-state index contributed by atoms with van der Waals surface area (Å²) in [6.07, 6.45) is 6.79. The molecule has 0 bridgehead atoms. The van der Waals surface area contributed by atoms with Gasteiger partial charge in [-0.15, -0.1) is 0 Å². The van der Waals surface area contributed by atoms with Crippen molar-refractivity contribution >= 4 is 16.7 Å². The molecule has 2 saturated heterocycles. The molecule has 5 heteroatoms. The van der Waals surface area contributed by atoms with Gasteiger partial charge in [-0.05, 0) is 57.3 Å². The quantitative estimate of drug-likeness (QED) is 0.540. The van der Waals surface area contributed by atoms with E-state index in [9.17, 15) is 9.90 Å². The number of H-pyrrole nitrogens is 1. The number of fused-ring (bicyclic) bond motifs is 1. The van der Waals surface area contributed by atoms with Gasteiger partial charge in [-0.2, -0.15) is 0 Å². The van der Waals surface area contributed by atoms with Crippen LogP contribution in [0.1, 0.15) is 59.6 Å². The zero-order chi connectivity index (χ0) is 22.8. The summed E-state index contributed by atoms with van der Waals surface area (Å²) in [7, 11) is 0. The number of nitrogens with zero attached hydrogens (tertiary/aromatic N) is 2. The van der Waals surface area contributed by atoms with Crippen LogP contribution in [0.2, 0.25) is 0 Å². The molecule has 0 amide bonds. The number of hydrogen-bond acceptors (Lipinski definition) is 4. The van der Waals surface area contributed by atoms with Crippen molar-refractivity contribution in [2.24, 2.45) is 0 Å². The summed E-state index contributed by atoms with van der Waals surface area (Å²) in [5.41, 5.74) is 3.68. The van der Waals surface area contributed by atoms with Crippen LogP contribution in [-0.4, -0.2) is 64.0 Å². The maximum Gasteiger partial charge on any atom is 0.195 e. The lowest BCUT2D eigenvalue weighted by molar-refractivity contribution is 0.0161. The van der Waals surface area contributed by atoms with E-state index in [1.165, 1.54) is 37.9 Å². The highest BCUT2D eigenvalue weighted by molar-refractivity contribution is 6.10. The third kappa shape index (κ3) is 4.63. The van der Waals surface area contributed by atoms with Gasteiger partial charge in [0.15, 0.2) is 5.78 Å². The number of carbonyl (C=O) groups is 1. The maximum absolute atomic E-state index is 13.6. The standard InChI is InChI=1S/C28H35N3O2/c1-20-9-11-21(12-10-20)26(31-17-13-22(14-18-31)30-15-5-2-6-16-30)28(33)27(32)24-19-29-25-8-4-3-7-23(24)25/h3-4,7-12,19,22,26,28-29,33H,2,5-6,13-18H2,1H3/t26-,28-/m1/s1. The van der Waals surface area contributed by atoms with Crippen molar-refractivity contribution in [1.29, 1.82) is 0 Å². The number of piperidine rings is 2. The highest BCUT2D eigenvalue weighted by Gasteiger charge is 2.36. The van der Waals surface area contributed by atoms with Crippen molar-refractivity contribution in [3.05, 3.63) is 71.4 Å². The van der Waals surface area contributed by atoms with Crippen LogP contribution in [0.3, 0.4) is 0 Å². The lowest BCUT2D eigenvalue weighted by Crippen LogP contribution is -2.50. The lowest BCUT2D eigenvalue weighted by atomic mass is 9.90. The summed E-state index contributed by atoms with van der Waals surface area (Å²) in [5.74, 6) is -0.212. The number of rotatable bonds is 6. The van der Waals surface area contributed by atoms with Crippen molar-refractivity contribution < 1.29 is 9.90 Å². The van der Waals surface area contributed by atoms with Crippen LogP contribution in [0.25, 0.3) is 10.9 Å². The van der Waals surface area contributed by atoms with Gasteiger partial charge in [-0.3, -0.25) is 9.69 Å². The average Bonchev–Trinajstić information content (AvgIpc) is 3.30.